The Morgan fingerprint density at radius 2 is 1.71 bits per heavy atom. The maximum Gasteiger partial charge on any atom is 0.167 e. The summed E-state index contributed by atoms with van der Waals surface area (Å²) in [5.41, 5.74) is 5.76. The fraction of sp³-hybridized carbons (Fsp3) is 0.200. The molecular weight excluding hydrogens is 344 g/mol. The lowest BCUT2D eigenvalue weighted by molar-refractivity contribution is 0.230. The molecule has 0 aliphatic rings. The van der Waals surface area contributed by atoms with Crippen molar-refractivity contribution in [3.63, 3.8) is 0 Å². The lowest BCUT2D eigenvalue weighted by atomic mass is 10.2. The van der Waals surface area contributed by atoms with Crippen LogP contribution in [0.4, 0.5) is 14.5 Å². The van der Waals surface area contributed by atoms with Crippen molar-refractivity contribution in [2.75, 3.05) is 5.73 Å². The van der Waals surface area contributed by atoms with E-state index in [4.69, 9.17) is 15.2 Å². The Labute approximate surface area is 129 Å². The first-order chi connectivity index (χ1) is 9.86. The van der Waals surface area contributed by atoms with E-state index in [1.807, 2.05) is 0 Å². The lowest BCUT2D eigenvalue weighted by Gasteiger charge is -2.14. The summed E-state index contributed by atoms with van der Waals surface area (Å²) in [7, 11) is 0. The second kappa shape index (κ2) is 6.30. The van der Waals surface area contributed by atoms with Gasteiger partial charge in [0.2, 0.25) is 0 Å². The molecule has 0 amide bonds. The highest BCUT2D eigenvalue weighted by Gasteiger charge is 2.14. The van der Waals surface area contributed by atoms with Gasteiger partial charge in [0.1, 0.15) is 0 Å². The average molecular weight is 358 g/mol. The smallest absolute Gasteiger partial charge is 0.167 e. The topological polar surface area (TPSA) is 44.5 Å². The van der Waals surface area contributed by atoms with Crippen LogP contribution in [-0.2, 0) is 0 Å². The summed E-state index contributed by atoms with van der Waals surface area (Å²) in [6.45, 7) is 3.54. The SMILES string of the molecule is CC(C)Oc1cc(Oc2cc(Br)ccc2F)c(N)cc1F. The number of nitrogen functional groups attached to an aromatic ring is 1. The van der Waals surface area contributed by atoms with Crippen LogP contribution in [0.25, 0.3) is 0 Å². The Kier molecular flexibility index (Phi) is 4.67. The number of hydrogen-bond acceptors (Lipinski definition) is 3. The van der Waals surface area contributed by atoms with Gasteiger partial charge in [0.15, 0.2) is 28.9 Å². The van der Waals surface area contributed by atoms with Gasteiger partial charge in [-0.15, -0.1) is 0 Å². The van der Waals surface area contributed by atoms with Crippen LogP contribution >= 0.6 is 15.9 Å². The Hall–Kier alpha value is -1.82. The summed E-state index contributed by atoms with van der Waals surface area (Å²) < 4.78 is 38.8. The maximum atomic E-state index is 13.7. The van der Waals surface area contributed by atoms with Crippen molar-refractivity contribution >= 4 is 21.6 Å². The minimum atomic E-state index is -0.594. The highest BCUT2D eigenvalue weighted by atomic mass is 79.9. The highest BCUT2D eigenvalue weighted by Crippen LogP contribution is 2.35. The molecule has 0 bridgehead atoms. The second-order valence-electron chi connectivity index (χ2n) is 4.66. The van der Waals surface area contributed by atoms with Crippen molar-refractivity contribution in [1.82, 2.24) is 0 Å². The second-order valence-corrected chi connectivity index (χ2v) is 5.58. The van der Waals surface area contributed by atoms with Gasteiger partial charge in [-0.1, -0.05) is 15.9 Å². The van der Waals surface area contributed by atoms with Gasteiger partial charge in [-0.05, 0) is 32.0 Å². The number of benzene rings is 2. The van der Waals surface area contributed by atoms with E-state index in [9.17, 15) is 8.78 Å². The third-order valence-electron chi connectivity index (χ3n) is 2.54. The first-order valence-corrected chi connectivity index (χ1v) is 7.04. The first-order valence-electron chi connectivity index (χ1n) is 6.25. The number of halogens is 3. The fourth-order valence-corrected chi connectivity index (χ4v) is 2.00. The highest BCUT2D eigenvalue weighted by molar-refractivity contribution is 9.10. The number of hydrogen-bond donors (Lipinski definition) is 1. The summed E-state index contributed by atoms with van der Waals surface area (Å²) >= 11 is 3.22. The van der Waals surface area contributed by atoms with Crippen LogP contribution in [0.2, 0.25) is 0 Å². The van der Waals surface area contributed by atoms with Gasteiger partial charge in [-0.3, -0.25) is 0 Å². The van der Waals surface area contributed by atoms with Crippen LogP contribution in [0, 0.1) is 11.6 Å². The molecule has 2 aromatic rings. The van der Waals surface area contributed by atoms with E-state index in [2.05, 4.69) is 15.9 Å². The molecular formula is C15H14BrF2NO2. The van der Waals surface area contributed by atoms with Crippen molar-refractivity contribution in [3.05, 3.63) is 46.4 Å². The molecule has 0 fully saturated rings. The zero-order valence-electron chi connectivity index (χ0n) is 11.5. The molecule has 0 unspecified atom stereocenters. The molecule has 2 N–H and O–H groups in total. The van der Waals surface area contributed by atoms with E-state index in [1.54, 1.807) is 19.9 Å². The van der Waals surface area contributed by atoms with Gasteiger partial charge < -0.3 is 15.2 Å². The summed E-state index contributed by atoms with van der Waals surface area (Å²) in [5, 5.41) is 0. The van der Waals surface area contributed by atoms with Gasteiger partial charge in [0.05, 0.1) is 11.8 Å². The summed E-state index contributed by atoms with van der Waals surface area (Å²) in [4.78, 5) is 0. The fourth-order valence-electron chi connectivity index (χ4n) is 1.66. The van der Waals surface area contributed by atoms with Gasteiger partial charge >= 0.3 is 0 Å². The standard InChI is InChI=1S/C15H14BrF2NO2/c1-8(2)20-14-7-15(12(19)6-11(14)18)21-13-5-9(16)3-4-10(13)17/h3-8H,19H2,1-2H3. The van der Waals surface area contributed by atoms with Gasteiger partial charge in [-0.25, -0.2) is 8.78 Å². The van der Waals surface area contributed by atoms with Crippen molar-refractivity contribution in [3.8, 4) is 17.2 Å². The van der Waals surface area contributed by atoms with Crippen molar-refractivity contribution in [2.45, 2.75) is 20.0 Å². The van der Waals surface area contributed by atoms with Gasteiger partial charge in [0.25, 0.3) is 0 Å². The number of anilines is 1. The van der Waals surface area contributed by atoms with Crippen LogP contribution in [-0.4, -0.2) is 6.10 Å². The zero-order valence-corrected chi connectivity index (χ0v) is 13.1. The number of nitrogens with two attached hydrogens (primary N) is 1. The zero-order chi connectivity index (χ0) is 15.6. The number of rotatable bonds is 4. The van der Waals surface area contributed by atoms with Gasteiger partial charge in [-0.2, -0.15) is 0 Å². The van der Waals surface area contributed by atoms with Crippen LogP contribution in [0.3, 0.4) is 0 Å². The van der Waals surface area contributed by atoms with Crippen LogP contribution in [0.1, 0.15) is 13.8 Å². The molecule has 0 saturated heterocycles. The Morgan fingerprint density at radius 3 is 2.38 bits per heavy atom. The molecule has 0 aromatic heterocycles. The monoisotopic (exact) mass is 357 g/mol. The van der Waals surface area contributed by atoms with Crippen LogP contribution in [0.5, 0.6) is 17.2 Å². The number of ether oxygens (including phenoxy) is 2. The summed E-state index contributed by atoms with van der Waals surface area (Å²) in [5.74, 6) is -1.02. The molecule has 0 heterocycles. The summed E-state index contributed by atoms with van der Waals surface area (Å²) in [6.07, 6.45) is -0.210. The van der Waals surface area contributed by atoms with E-state index < -0.39 is 11.6 Å². The van der Waals surface area contributed by atoms with Crippen LogP contribution in [0.15, 0.2) is 34.8 Å². The normalized spacial score (nSPS) is 10.8. The van der Waals surface area contributed by atoms with Crippen molar-refractivity contribution < 1.29 is 18.3 Å². The molecule has 2 aromatic carbocycles. The van der Waals surface area contributed by atoms with E-state index in [0.29, 0.717) is 4.47 Å². The van der Waals surface area contributed by atoms with E-state index >= 15 is 0 Å². The Balaban J connectivity index is 2.37. The third-order valence-corrected chi connectivity index (χ3v) is 3.03. The van der Waals surface area contributed by atoms with Crippen molar-refractivity contribution in [2.24, 2.45) is 0 Å². The Morgan fingerprint density at radius 1 is 1.00 bits per heavy atom. The molecule has 0 spiro atoms. The van der Waals surface area contributed by atoms with Gasteiger partial charge in [0, 0.05) is 16.6 Å². The minimum Gasteiger partial charge on any atom is -0.488 e. The quantitative estimate of drug-likeness (QED) is 0.792. The first kappa shape index (κ1) is 15.6. The molecule has 2 rings (SSSR count). The Bertz CT molecular complexity index is 662. The van der Waals surface area contributed by atoms with Crippen molar-refractivity contribution in [1.29, 1.82) is 0 Å². The molecule has 0 atom stereocenters. The molecule has 6 heteroatoms. The molecule has 0 saturated carbocycles. The molecule has 3 nitrogen and oxygen atoms in total. The molecule has 0 aliphatic carbocycles. The predicted molar refractivity (Wildman–Crippen MR) is 80.8 cm³/mol. The van der Waals surface area contributed by atoms with E-state index in [0.717, 1.165) is 6.07 Å². The maximum absolute atomic E-state index is 13.7. The van der Waals surface area contributed by atoms with E-state index in [-0.39, 0.29) is 29.0 Å². The molecule has 0 aliphatic heterocycles. The lowest BCUT2D eigenvalue weighted by Crippen LogP contribution is -2.07. The minimum absolute atomic E-state index is 0.00426. The third kappa shape index (κ3) is 3.85. The molecule has 0 radical (unpaired) electrons. The summed E-state index contributed by atoms with van der Waals surface area (Å²) in [6, 6.07) is 6.66. The largest absolute Gasteiger partial charge is 0.488 e. The predicted octanol–water partition coefficient (Wildman–Crippen LogP) is 4.89. The molecule has 21 heavy (non-hydrogen) atoms. The molecule has 112 valence electrons. The van der Waals surface area contributed by atoms with Crippen LogP contribution < -0.4 is 15.2 Å². The average Bonchev–Trinajstić information content (AvgIpc) is 2.39. The van der Waals surface area contributed by atoms with E-state index in [1.165, 1.54) is 18.2 Å².